The number of anilines is 1. The highest BCUT2D eigenvalue weighted by Crippen LogP contribution is 2.14. The van der Waals surface area contributed by atoms with E-state index in [1.807, 2.05) is 30.3 Å². The molecule has 0 aliphatic heterocycles. The van der Waals surface area contributed by atoms with E-state index in [-0.39, 0.29) is 0 Å². The summed E-state index contributed by atoms with van der Waals surface area (Å²) in [6.07, 6.45) is 1.73. The quantitative estimate of drug-likeness (QED) is 0.849. The standard InChI is InChI=1S/C13H14N2O/c1-16-13-9-12(7-8-14-13)15-10-11-5-3-2-4-6-11/h2-9H,10H2,1H3,(H,14,15). The van der Waals surface area contributed by atoms with Crippen molar-refractivity contribution in [3.63, 3.8) is 0 Å². The first-order chi connectivity index (χ1) is 7.88. The molecule has 1 aromatic heterocycles. The third-order valence-electron chi connectivity index (χ3n) is 2.28. The lowest BCUT2D eigenvalue weighted by atomic mass is 10.2. The zero-order chi connectivity index (χ0) is 11.2. The summed E-state index contributed by atoms with van der Waals surface area (Å²) < 4.78 is 5.06. The van der Waals surface area contributed by atoms with E-state index < -0.39 is 0 Å². The summed E-state index contributed by atoms with van der Waals surface area (Å²) in [6.45, 7) is 0.800. The van der Waals surface area contributed by atoms with Gasteiger partial charge in [0.2, 0.25) is 5.88 Å². The van der Waals surface area contributed by atoms with Crippen LogP contribution < -0.4 is 10.1 Å². The third-order valence-corrected chi connectivity index (χ3v) is 2.28. The van der Waals surface area contributed by atoms with E-state index >= 15 is 0 Å². The SMILES string of the molecule is COc1cc(NCc2ccccc2)ccn1. The van der Waals surface area contributed by atoms with Gasteiger partial charge in [-0.15, -0.1) is 0 Å². The molecule has 2 rings (SSSR count). The minimum Gasteiger partial charge on any atom is -0.481 e. The van der Waals surface area contributed by atoms with Crippen LogP contribution >= 0.6 is 0 Å². The first-order valence-electron chi connectivity index (χ1n) is 5.16. The van der Waals surface area contributed by atoms with E-state index in [2.05, 4.69) is 22.4 Å². The van der Waals surface area contributed by atoms with Gasteiger partial charge in [-0.05, 0) is 11.6 Å². The first-order valence-corrected chi connectivity index (χ1v) is 5.16. The Hall–Kier alpha value is -2.03. The molecule has 0 saturated carbocycles. The van der Waals surface area contributed by atoms with Crippen LogP contribution in [0.1, 0.15) is 5.56 Å². The zero-order valence-electron chi connectivity index (χ0n) is 9.18. The highest BCUT2D eigenvalue weighted by atomic mass is 16.5. The van der Waals surface area contributed by atoms with Crippen LogP contribution in [0.15, 0.2) is 48.7 Å². The number of nitrogens with zero attached hydrogens (tertiary/aromatic N) is 1. The van der Waals surface area contributed by atoms with Crippen molar-refractivity contribution in [1.82, 2.24) is 4.98 Å². The molecule has 2 aromatic rings. The molecule has 0 atom stereocenters. The highest BCUT2D eigenvalue weighted by molar-refractivity contribution is 5.45. The van der Waals surface area contributed by atoms with E-state index in [0.29, 0.717) is 5.88 Å². The van der Waals surface area contributed by atoms with Crippen molar-refractivity contribution < 1.29 is 4.74 Å². The van der Waals surface area contributed by atoms with Crippen molar-refractivity contribution in [2.24, 2.45) is 0 Å². The van der Waals surface area contributed by atoms with Crippen molar-refractivity contribution in [2.45, 2.75) is 6.54 Å². The van der Waals surface area contributed by atoms with Crippen LogP contribution in [-0.2, 0) is 6.54 Å². The first kappa shape index (κ1) is 10.5. The second kappa shape index (κ2) is 5.16. The molecule has 0 saturated heterocycles. The molecule has 82 valence electrons. The number of hydrogen-bond acceptors (Lipinski definition) is 3. The Labute approximate surface area is 95.1 Å². The molecule has 0 spiro atoms. The highest BCUT2D eigenvalue weighted by Gasteiger charge is 1.96. The van der Waals surface area contributed by atoms with Crippen molar-refractivity contribution in [3.05, 3.63) is 54.2 Å². The van der Waals surface area contributed by atoms with Crippen LogP contribution in [0.4, 0.5) is 5.69 Å². The summed E-state index contributed by atoms with van der Waals surface area (Å²) in [5.74, 6) is 0.623. The number of aromatic nitrogens is 1. The van der Waals surface area contributed by atoms with Crippen LogP contribution in [0.5, 0.6) is 5.88 Å². The van der Waals surface area contributed by atoms with E-state index in [4.69, 9.17) is 4.74 Å². The van der Waals surface area contributed by atoms with Crippen LogP contribution in [0, 0.1) is 0 Å². The Kier molecular flexibility index (Phi) is 3.38. The number of methoxy groups -OCH3 is 1. The molecule has 16 heavy (non-hydrogen) atoms. The molecule has 0 unspecified atom stereocenters. The predicted octanol–water partition coefficient (Wildman–Crippen LogP) is 2.70. The Morgan fingerprint density at radius 2 is 2.00 bits per heavy atom. The Morgan fingerprint density at radius 3 is 2.75 bits per heavy atom. The minimum atomic E-state index is 0.623. The predicted molar refractivity (Wildman–Crippen MR) is 64.6 cm³/mol. The van der Waals surface area contributed by atoms with Gasteiger partial charge in [0.05, 0.1) is 7.11 Å². The molecule has 1 heterocycles. The molecule has 0 aliphatic rings. The molecule has 0 radical (unpaired) electrons. The molecular weight excluding hydrogens is 200 g/mol. The number of pyridine rings is 1. The van der Waals surface area contributed by atoms with Gasteiger partial charge in [-0.25, -0.2) is 4.98 Å². The smallest absolute Gasteiger partial charge is 0.214 e. The maximum Gasteiger partial charge on any atom is 0.214 e. The number of nitrogens with one attached hydrogen (secondary N) is 1. The second-order valence-electron chi connectivity index (χ2n) is 3.43. The van der Waals surface area contributed by atoms with Crippen molar-refractivity contribution >= 4 is 5.69 Å². The number of hydrogen-bond donors (Lipinski definition) is 1. The monoisotopic (exact) mass is 214 g/mol. The van der Waals surface area contributed by atoms with Crippen LogP contribution in [-0.4, -0.2) is 12.1 Å². The lowest BCUT2D eigenvalue weighted by Crippen LogP contribution is -1.99. The molecule has 0 fully saturated rings. The topological polar surface area (TPSA) is 34.1 Å². The van der Waals surface area contributed by atoms with Gasteiger partial charge >= 0.3 is 0 Å². The summed E-state index contributed by atoms with van der Waals surface area (Å²) in [7, 11) is 1.61. The van der Waals surface area contributed by atoms with Gasteiger partial charge in [0.1, 0.15) is 0 Å². The molecule has 0 bridgehead atoms. The van der Waals surface area contributed by atoms with Crippen LogP contribution in [0.25, 0.3) is 0 Å². The van der Waals surface area contributed by atoms with Gasteiger partial charge in [0.15, 0.2) is 0 Å². The van der Waals surface area contributed by atoms with Gasteiger partial charge in [-0.2, -0.15) is 0 Å². The van der Waals surface area contributed by atoms with E-state index in [1.165, 1.54) is 5.56 Å². The van der Waals surface area contributed by atoms with E-state index in [0.717, 1.165) is 12.2 Å². The molecule has 1 N–H and O–H groups in total. The van der Waals surface area contributed by atoms with E-state index in [9.17, 15) is 0 Å². The normalized spacial score (nSPS) is 9.81. The van der Waals surface area contributed by atoms with E-state index in [1.54, 1.807) is 13.3 Å². The minimum absolute atomic E-state index is 0.623. The number of benzene rings is 1. The zero-order valence-corrected chi connectivity index (χ0v) is 9.18. The Bertz CT molecular complexity index is 443. The molecular formula is C13H14N2O. The Morgan fingerprint density at radius 1 is 1.19 bits per heavy atom. The largest absolute Gasteiger partial charge is 0.481 e. The van der Waals surface area contributed by atoms with Crippen LogP contribution in [0.2, 0.25) is 0 Å². The van der Waals surface area contributed by atoms with Gasteiger partial charge in [-0.3, -0.25) is 0 Å². The Balaban J connectivity index is 1.99. The fourth-order valence-corrected chi connectivity index (χ4v) is 1.43. The van der Waals surface area contributed by atoms with Gasteiger partial charge < -0.3 is 10.1 Å². The summed E-state index contributed by atoms with van der Waals surface area (Å²) >= 11 is 0. The fourth-order valence-electron chi connectivity index (χ4n) is 1.43. The second-order valence-corrected chi connectivity index (χ2v) is 3.43. The number of rotatable bonds is 4. The van der Waals surface area contributed by atoms with Gasteiger partial charge in [0, 0.05) is 24.5 Å². The van der Waals surface area contributed by atoms with Gasteiger partial charge in [0.25, 0.3) is 0 Å². The molecule has 3 nitrogen and oxygen atoms in total. The average molecular weight is 214 g/mol. The molecule has 0 amide bonds. The fraction of sp³-hybridized carbons (Fsp3) is 0.154. The van der Waals surface area contributed by atoms with Crippen molar-refractivity contribution in [3.8, 4) is 5.88 Å². The summed E-state index contributed by atoms with van der Waals surface area (Å²) in [4.78, 5) is 4.05. The molecule has 3 heteroatoms. The average Bonchev–Trinajstić information content (AvgIpc) is 2.38. The van der Waals surface area contributed by atoms with Crippen molar-refractivity contribution in [2.75, 3.05) is 12.4 Å². The van der Waals surface area contributed by atoms with Gasteiger partial charge in [-0.1, -0.05) is 30.3 Å². The summed E-state index contributed by atoms with van der Waals surface area (Å²) in [5, 5.41) is 3.32. The molecule has 0 aliphatic carbocycles. The lowest BCUT2D eigenvalue weighted by Gasteiger charge is -2.07. The molecule has 1 aromatic carbocycles. The maximum absolute atomic E-state index is 5.06. The third kappa shape index (κ3) is 2.73. The lowest BCUT2D eigenvalue weighted by molar-refractivity contribution is 0.398. The van der Waals surface area contributed by atoms with Crippen LogP contribution in [0.3, 0.4) is 0 Å². The number of ether oxygens (including phenoxy) is 1. The van der Waals surface area contributed by atoms with Crippen molar-refractivity contribution in [1.29, 1.82) is 0 Å². The summed E-state index contributed by atoms with van der Waals surface area (Å²) in [5.41, 5.74) is 2.26. The maximum atomic E-state index is 5.06. The summed E-state index contributed by atoms with van der Waals surface area (Å²) in [6, 6.07) is 14.1.